The van der Waals surface area contributed by atoms with Gasteiger partial charge in [0.2, 0.25) is 5.91 Å². The first-order valence-electron chi connectivity index (χ1n) is 5.76. The van der Waals surface area contributed by atoms with Gasteiger partial charge in [0.1, 0.15) is 6.04 Å². The summed E-state index contributed by atoms with van der Waals surface area (Å²) >= 11 is 5.85. The van der Waals surface area contributed by atoms with Gasteiger partial charge in [-0.2, -0.15) is 5.26 Å². The minimum absolute atomic E-state index is 0.168. The Balaban J connectivity index is 2.65. The molecule has 0 fully saturated rings. The molecule has 96 valence electrons. The van der Waals surface area contributed by atoms with Crippen molar-refractivity contribution in [3.8, 4) is 6.07 Å². The molecule has 3 nitrogen and oxygen atoms in total. The lowest BCUT2D eigenvalue weighted by atomic mass is 9.87. The predicted molar refractivity (Wildman–Crippen MR) is 72.2 cm³/mol. The molecule has 1 aromatic carbocycles. The Labute approximate surface area is 113 Å². The summed E-state index contributed by atoms with van der Waals surface area (Å²) in [7, 11) is 0. The van der Waals surface area contributed by atoms with Gasteiger partial charge in [0.15, 0.2) is 0 Å². The Bertz CT molecular complexity index is 471. The van der Waals surface area contributed by atoms with Gasteiger partial charge in [0.05, 0.1) is 12.5 Å². The zero-order valence-corrected chi connectivity index (χ0v) is 11.6. The second-order valence-electron chi connectivity index (χ2n) is 5.30. The third-order valence-corrected chi connectivity index (χ3v) is 2.79. The standard InChI is InChI=1S/C14H17ClN2O/c1-14(2,3)12(9-16)17-13(18)8-10-5-4-6-11(15)7-10/h4-7,12H,8H2,1-3H3,(H,17,18)/t12-/m1/s1. The molecule has 0 aromatic heterocycles. The minimum Gasteiger partial charge on any atom is -0.340 e. The molecular weight excluding hydrogens is 248 g/mol. The third-order valence-electron chi connectivity index (χ3n) is 2.55. The van der Waals surface area contributed by atoms with E-state index in [1.165, 1.54) is 0 Å². The van der Waals surface area contributed by atoms with Crippen LogP contribution in [0.5, 0.6) is 0 Å². The van der Waals surface area contributed by atoms with E-state index in [9.17, 15) is 4.79 Å². The topological polar surface area (TPSA) is 52.9 Å². The average Bonchev–Trinajstić information content (AvgIpc) is 2.24. The number of nitrogens with zero attached hydrogens (tertiary/aromatic N) is 1. The Morgan fingerprint density at radius 2 is 2.17 bits per heavy atom. The molecule has 1 N–H and O–H groups in total. The Morgan fingerprint density at radius 3 is 2.67 bits per heavy atom. The van der Waals surface area contributed by atoms with Crippen molar-refractivity contribution in [2.75, 3.05) is 0 Å². The predicted octanol–water partition coefficient (Wildman–Crippen LogP) is 2.94. The fraction of sp³-hybridized carbons (Fsp3) is 0.429. The monoisotopic (exact) mass is 264 g/mol. The molecule has 0 saturated carbocycles. The van der Waals surface area contributed by atoms with Gasteiger partial charge in [0, 0.05) is 5.02 Å². The first-order valence-corrected chi connectivity index (χ1v) is 6.14. The molecule has 0 bridgehead atoms. The van der Waals surface area contributed by atoms with Crippen LogP contribution in [-0.4, -0.2) is 11.9 Å². The molecule has 0 saturated heterocycles. The Morgan fingerprint density at radius 1 is 1.50 bits per heavy atom. The third kappa shape index (κ3) is 4.38. The summed E-state index contributed by atoms with van der Waals surface area (Å²) in [5.41, 5.74) is 0.559. The van der Waals surface area contributed by atoms with E-state index in [-0.39, 0.29) is 17.7 Å². The molecule has 0 aliphatic carbocycles. The van der Waals surface area contributed by atoms with Crippen LogP contribution in [-0.2, 0) is 11.2 Å². The number of halogens is 1. The highest BCUT2D eigenvalue weighted by Crippen LogP contribution is 2.18. The highest BCUT2D eigenvalue weighted by atomic mass is 35.5. The number of nitriles is 1. The van der Waals surface area contributed by atoms with Crippen molar-refractivity contribution in [2.24, 2.45) is 5.41 Å². The number of hydrogen-bond donors (Lipinski definition) is 1. The Hall–Kier alpha value is -1.53. The lowest BCUT2D eigenvalue weighted by Crippen LogP contribution is -2.43. The zero-order valence-electron chi connectivity index (χ0n) is 10.8. The molecule has 1 atom stereocenters. The van der Waals surface area contributed by atoms with Gasteiger partial charge in [-0.25, -0.2) is 0 Å². The van der Waals surface area contributed by atoms with Crippen LogP contribution in [0.4, 0.5) is 0 Å². The Kier molecular flexibility index (Phi) is 4.75. The molecule has 0 heterocycles. The summed E-state index contributed by atoms with van der Waals surface area (Å²) in [6, 6.07) is 8.76. The van der Waals surface area contributed by atoms with E-state index in [0.717, 1.165) is 5.56 Å². The molecule has 1 rings (SSSR count). The van der Waals surface area contributed by atoms with Crippen LogP contribution in [0.3, 0.4) is 0 Å². The van der Waals surface area contributed by atoms with Crippen molar-refractivity contribution >= 4 is 17.5 Å². The molecule has 1 aromatic rings. The normalized spacial score (nSPS) is 12.6. The van der Waals surface area contributed by atoms with Crippen LogP contribution in [0.1, 0.15) is 26.3 Å². The quantitative estimate of drug-likeness (QED) is 0.913. The molecule has 0 unspecified atom stereocenters. The van der Waals surface area contributed by atoms with E-state index in [0.29, 0.717) is 5.02 Å². The molecule has 0 aliphatic rings. The van der Waals surface area contributed by atoms with Gasteiger partial charge in [-0.1, -0.05) is 44.5 Å². The van der Waals surface area contributed by atoms with Crippen LogP contribution in [0.2, 0.25) is 5.02 Å². The van der Waals surface area contributed by atoms with Gasteiger partial charge < -0.3 is 5.32 Å². The van der Waals surface area contributed by atoms with Gasteiger partial charge in [-0.05, 0) is 23.1 Å². The second kappa shape index (κ2) is 5.88. The summed E-state index contributed by atoms with van der Waals surface area (Å²) in [4.78, 5) is 11.8. The minimum atomic E-state index is -0.496. The number of hydrogen-bond acceptors (Lipinski definition) is 2. The van der Waals surface area contributed by atoms with Crippen molar-refractivity contribution in [3.63, 3.8) is 0 Å². The van der Waals surface area contributed by atoms with Crippen molar-refractivity contribution in [1.29, 1.82) is 5.26 Å². The summed E-state index contributed by atoms with van der Waals surface area (Å²) in [5, 5.41) is 12.4. The second-order valence-corrected chi connectivity index (χ2v) is 5.74. The maximum atomic E-state index is 11.8. The van der Waals surface area contributed by atoms with Gasteiger partial charge in [-0.15, -0.1) is 0 Å². The maximum absolute atomic E-state index is 11.8. The molecule has 0 aliphatic heterocycles. The SMILES string of the molecule is CC(C)(C)[C@@H](C#N)NC(=O)Cc1cccc(Cl)c1. The molecule has 4 heteroatoms. The van der Waals surface area contributed by atoms with E-state index in [1.807, 2.05) is 26.8 Å². The lowest BCUT2D eigenvalue weighted by molar-refractivity contribution is -0.121. The maximum Gasteiger partial charge on any atom is 0.225 e. The number of carbonyl (C=O) groups is 1. The van der Waals surface area contributed by atoms with Crippen molar-refractivity contribution in [3.05, 3.63) is 34.9 Å². The van der Waals surface area contributed by atoms with Crippen LogP contribution < -0.4 is 5.32 Å². The first kappa shape index (κ1) is 14.5. The zero-order chi connectivity index (χ0) is 13.8. The molecule has 18 heavy (non-hydrogen) atoms. The highest BCUT2D eigenvalue weighted by molar-refractivity contribution is 6.30. The highest BCUT2D eigenvalue weighted by Gasteiger charge is 2.25. The number of rotatable bonds is 3. The molecule has 1 amide bonds. The summed E-state index contributed by atoms with van der Waals surface area (Å²) in [6.45, 7) is 5.75. The van der Waals surface area contributed by atoms with Crippen LogP contribution >= 0.6 is 11.6 Å². The van der Waals surface area contributed by atoms with E-state index in [2.05, 4.69) is 11.4 Å². The van der Waals surface area contributed by atoms with Crippen molar-refractivity contribution in [1.82, 2.24) is 5.32 Å². The van der Waals surface area contributed by atoms with E-state index in [1.54, 1.807) is 18.2 Å². The number of carbonyl (C=O) groups excluding carboxylic acids is 1. The summed E-state index contributed by atoms with van der Waals surface area (Å²) in [6.07, 6.45) is 0.231. The van der Waals surface area contributed by atoms with E-state index >= 15 is 0 Å². The van der Waals surface area contributed by atoms with Crippen LogP contribution in [0.15, 0.2) is 24.3 Å². The molecule has 0 spiro atoms. The van der Waals surface area contributed by atoms with Gasteiger partial charge in [-0.3, -0.25) is 4.79 Å². The van der Waals surface area contributed by atoms with Crippen molar-refractivity contribution < 1.29 is 4.79 Å². The average molecular weight is 265 g/mol. The van der Waals surface area contributed by atoms with E-state index < -0.39 is 6.04 Å². The number of nitrogens with one attached hydrogen (secondary N) is 1. The number of amides is 1. The van der Waals surface area contributed by atoms with Crippen LogP contribution in [0.25, 0.3) is 0 Å². The summed E-state index contributed by atoms with van der Waals surface area (Å²) < 4.78 is 0. The van der Waals surface area contributed by atoms with Crippen molar-refractivity contribution in [2.45, 2.75) is 33.2 Å². The first-order chi connectivity index (χ1) is 8.32. The smallest absolute Gasteiger partial charge is 0.225 e. The van der Waals surface area contributed by atoms with E-state index in [4.69, 9.17) is 16.9 Å². The molecule has 0 radical (unpaired) electrons. The number of benzene rings is 1. The lowest BCUT2D eigenvalue weighted by Gasteiger charge is -2.25. The largest absolute Gasteiger partial charge is 0.340 e. The fourth-order valence-electron chi connectivity index (χ4n) is 1.49. The van der Waals surface area contributed by atoms with Crippen LogP contribution in [0, 0.1) is 16.7 Å². The van der Waals surface area contributed by atoms with Gasteiger partial charge >= 0.3 is 0 Å². The van der Waals surface area contributed by atoms with Gasteiger partial charge in [0.25, 0.3) is 0 Å². The molecular formula is C14H17ClN2O. The summed E-state index contributed by atoms with van der Waals surface area (Å²) in [5.74, 6) is -0.168. The fourth-order valence-corrected chi connectivity index (χ4v) is 1.70.